The number of halogens is 1. The highest BCUT2D eigenvalue weighted by molar-refractivity contribution is 7.21. The summed E-state index contributed by atoms with van der Waals surface area (Å²) in [6, 6.07) is 12.1. The summed E-state index contributed by atoms with van der Waals surface area (Å²) in [6.45, 7) is 1.97. The number of carbonyl (C=O) groups excluding carboxylic acids is 1. The van der Waals surface area contributed by atoms with Crippen LogP contribution in [0.4, 0.5) is 15.8 Å². The number of aryl methyl sites for hydroxylation is 1. The van der Waals surface area contributed by atoms with Crippen LogP contribution in [0, 0.1) is 12.7 Å². The van der Waals surface area contributed by atoms with E-state index in [9.17, 15) is 9.18 Å². The van der Waals surface area contributed by atoms with Gasteiger partial charge in [-0.05, 0) is 31.2 Å². The van der Waals surface area contributed by atoms with Crippen molar-refractivity contribution >= 4 is 38.7 Å². The fraction of sp³-hybridized carbons (Fsp3) is 0.0625. The molecule has 2 aromatic carbocycles. The Kier molecular flexibility index (Phi) is 3.35. The van der Waals surface area contributed by atoms with Gasteiger partial charge in [-0.15, -0.1) is 11.3 Å². The van der Waals surface area contributed by atoms with Crippen molar-refractivity contribution in [2.45, 2.75) is 6.92 Å². The number of nitrogens with one attached hydrogen (secondary N) is 1. The topological polar surface area (TPSA) is 55.1 Å². The van der Waals surface area contributed by atoms with Crippen LogP contribution in [0.1, 0.15) is 15.2 Å². The highest BCUT2D eigenvalue weighted by atomic mass is 32.1. The summed E-state index contributed by atoms with van der Waals surface area (Å²) in [5.41, 5.74) is 7.91. The number of fused-ring (bicyclic) bond motifs is 1. The highest BCUT2D eigenvalue weighted by Crippen LogP contribution is 2.35. The van der Waals surface area contributed by atoms with Crippen LogP contribution < -0.4 is 11.1 Å². The number of hydrogen-bond acceptors (Lipinski definition) is 3. The van der Waals surface area contributed by atoms with Crippen molar-refractivity contribution in [2.75, 3.05) is 11.1 Å². The maximum atomic E-state index is 13.8. The van der Waals surface area contributed by atoms with Crippen molar-refractivity contribution in [1.82, 2.24) is 0 Å². The third-order valence-corrected chi connectivity index (χ3v) is 4.39. The van der Waals surface area contributed by atoms with Gasteiger partial charge < -0.3 is 11.1 Å². The van der Waals surface area contributed by atoms with Gasteiger partial charge in [-0.25, -0.2) is 4.39 Å². The molecular weight excluding hydrogens is 287 g/mol. The molecule has 3 aromatic rings. The Hall–Kier alpha value is -2.40. The third kappa shape index (κ3) is 2.48. The van der Waals surface area contributed by atoms with E-state index in [0.29, 0.717) is 20.7 Å². The Morgan fingerprint density at radius 3 is 2.57 bits per heavy atom. The zero-order valence-corrected chi connectivity index (χ0v) is 12.1. The van der Waals surface area contributed by atoms with Gasteiger partial charge in [-0.2, -0.15) is 0 Å². The average molecular weight is 300 g/mol. The van der Waals surface area contributed by atoms with E-state index in [4.69, 9.17) is 5.73 Å². The van der Waals surface area contributed by atoms with E-state index in [2.05, 4.69) is 5.32 Å². The lowest BCUT2D eigenvalue weighted by Crippen LogP contribution is -2.11. The van der Waals surface area contributed by atoms with E-state index in [1.807, 2.05) is 31.2 Å². The van der Waals surface area contributed by atoms with Crippen LogP contribution in [0.3, 0.4) is 0 Å². The molecule has 1 aromatic heterocycles. The standard InChI is InChI=1S/C16H13FN2OS/c1-9-5-7-10(8-6-9)19-16(20)15-14(18)13-11(17)3-2-4-12(13)21-15/h2-8H,18H2,1H3,(H,19,20). The highest BCUT2D eigenvalue weighted by Gasteiger charge is 2.18. The Balaban J connectivity index is 1.96. The number of benzene rings is 2. The minimum Gasteiger partial charge on any atom is -0.397 e. The first-order valence-corrected chi connectivity index (χ1v) is 7.22. The lowest BCUT2D eigenvalue weighted by Gasteiger charge is -2.04. The molecule has 5 heteroatoms. The molecule has 0 aliphatic rings. The van der Waals surface area contributed by atoms with Gasteiger partial charge in [0.25, 0.3) is 5.91 Å². The van der Waals surface area contributed by atoms with Crippen LogP contribution in [-0.4, -0.2) is 5.91 Å². The number of anilines is 2. The molecule has 0 fully saturated rings. The van der Waals surface area contributed by atoms with E-state index in [1.165, 1.54) is 17.4 Å². The SMILES string of the molecule is Cc1ccc(NC(=O)c2sc3cccc(F)c3c2N)cc1. The third-order valence-electron chi connectivity index (χ3n) is 3.22. The molecule has 0 aliphatic carbocycles. The molecule has 0 aliphatic heterocycles. The van der Waals surface area contributed by atoms with Crippen LogP contribution >= 0.6 is 11.3 Å². The summed E-state index contributed by atoms with van der Waals surface area (Å²) in [5.74, 6) is -0.729. The largest absolute Gasteiger partial charge is 0.397 e. The van der Waals surface area contributed by atoms with E-state index in [1.54, 1.807) is 12.1 Å². The predicted octanol–water partition coefficient (Wildman–Crippen LogP) is 4.18. The summed E-state index contributed by atoms with van der Waals surface area (Å²) in [7, 11) is 0. The Labute approximate surface area is 125 Å². The van der Waals surface area contributed by atoms with Gasteiger partial charge in [0, 0.05) is 10.4 Å². The van der Waals surface area contributed by atoms with Crippen LogP contribution in [0.15, 0.2) is 42.5 Å². The smallest absolute Gasteiger partial charge is 0.267 e. The number of rotatable bonds is 2. The van der Waals surface area contributed by atoms with Crippen molar-refractivity contribution in [3.8, 4) is 0 Å². The lowest BCUT2D eigenvalue weighted by molar-refractivity contribution is 0.103. The zero-order valence-electron chi connectivity index (χ0n) is 11.3. The summed E-state index contributed by atoms with van der Waals surface area (Å²) < 4.78 is 14.5. The van der Waals surface area contributed by atoms with Crippen LogP contribution in [0.5, 0.6) is 0 Å². The van der Waals surface area contributed by atoms with Crippen LogP contribution in [0.25, 0.3) is 10.1 Å². The van der Waals surface area contributed by atoms with Crippen molar-refractivity contribution in [3.05, 3.63) is 58.7 Å². The fourth-order valence-electron chi connectivity index (χ4n) is 2.12. The van der Waals surface area contributed by atoms with Crippen molar-refractivity contribution in [3.63, 3.8) is 0 Å². The second kappa shape index (κ2) is 5.18. The molecule has 0 spiro atoms. The summed E-state index contributed by atoms with van der Waals surface area (Å²) in [5, 5.41) is 3.09. The second-order valence-corrected chi connectivity index (χ2v) is 5.83. The maximum Gasteiger partial charge on any atom is 0.267 e. The quantitative estimate of drug-likeness (QED) is 0.746. The molecule has 0 unspecified atom stereocenters. The Bertz CT molecular complexity index is 824. The van der Waals surface area contributed by atoms with Gasteiger partial charge >= 0.3 is 0 Å². The van der Waals surface area contributed by atoms with E-state index >= 15 is 0 Å². The van der Waals surface area contributed by atoms with Crippen molar-refractivity contribution in [1.29, 1.82) is 0 Å². The lowest BCUT2D eigenvalue weighted by atomic mass is 10.2. The average Bonchev–Trinajstić information content (AvgIpc) is 2.80. The van der Waals surface area contributed by atoms with Gasteiger partial charge in [0.1, 0.15) is 10.7 Å². The van der Waals surface area contributed by atoms with E-state index < -0.39 is 5.82 Å². The molecule has 0 saturated heterocycles. The number of hydrogen-bond donors (Lipinski definition) is 2. The minimum atomic E-state index is -0.407. The molecule has 0 radical (unpaired) electrons. The molecule has 0 saturated carbocycles. The van der Waals surface area contributed by atoms with Gasteiger partial charge in [0.05, 0.1) is 11.1 Å². The fourth-order valence-corrected chi connectivity index (χ4v) is 3.15. The van der Waals surface area contributed by atoms with E-state index in [-0.39, 0.29) is 11.6 Å². The van der Waals surface area contributed by atoms with Gasteiger partial charge in [-0.3, -0.25) is 4.79 Å². The number of nitrogens with two attached hydrogens (primary N) is 1. The minimum absolute atomic E-state index is 0.192. The molecular formula is C16H13FN2OS. The molecule has 3 nitrogen and oxygen atoms in total. The van der Waals surface area contributed by atoms with Crippen LogP contribution in [0.2, 0.25) is 0 Å². The number of amides is 1. The molecule has 0 bridgehead atoms. The first kappa shape index (κ1) is 13.6. The van der Waals surface area contributed by atoms with Gasteiger partial charge in [0.2, 0.25) is 0 Å². The number of thiophene rings is 1. The summed E-state index contributed by atoms with van der Waals surface area (Å²) in [6.07, 6.45) is 0. The zero-order chi connectivity index (χ0) is 15.0. The molecule has 106 valence electrons. The molecule has 3 N–H and O–H groups in total. The van der Waals surface area contributed by atoms with Gasteiger partial charge in [-0.1, -0.05) is 23.8 Å². The van der Waals surface area contributed by atoms with E-state index in [0.717, 1.165) is 5.56 Å². The molecule has 0 atom stereocenters. The molecule has 1 amide bonds. The predicted molar refractivity (Wildman–Crippen MR) is 85.3 cm³/mol. The van der Waals surface area contributed by atoms with Crippen molar-refractivity contribution < 1.29 is 9.18 Å². The monoisotopic (exact) mass is 300 g/mol. The number of carbonyl (C=O) groups is 1. The Morgan fingerprint density at radius 1 is 1.19 bits per heavy atom. The van der Waals surface area contributed by atoms with Gasteiger partial charge in [0.15, 0.2) is 0 Å². The first-order valence-electron chi connectivity index (χ1n) is 6.41. The maximum absolute atomic E-state index is 13.8. The summed E-state index contributed by atoms with van der Waals surface area (Å²) in [4.78, 5) is 12.6. The molecule has 1 heterocycles. The second-order valence-electron chi connectivity index (χ2n) is 4.78. The normalized spacial score (nSPS) is 10.8. The Morgan fingerprint density at radius 2 is 1.90 bits per heavy atom. The van der Waals surface area contributed by atoms with Crippen LogP contribution in [-0.2, 0) is 0 Å². The molecule has 3 rings (SSSR count). The first-order chi connectivity index (χ1) is 10.1. The van der Waals surface area contributed by atoms with Crippen molar-refractivity contribution in [2.24, 2.45) is 0 Å². The molecule has 21 heavy (non-hydrogen) atoms. The number of nitrogen functional groups attached to an aromatic ring is 1. The summed E-state index contributed by atoms with van der Waals surface area (Å²) >= 11 is 1.19.